The van der Waals surface area contributed by atoms with Gasteiger partial charge in [0.15, 0.2) is 0 Å². The molecule has 0 fully saturated rings. The van der Waals surface area contributed by atoms with Crippen LogP contribution in [-0.2, 0) is 22.2 Å². The van der Waals surface area contributed by atoms with Crippen molar-refractivity contribution in [2.24, 2.45) is 5.73 Å². The molecule has 0 aliphatic rings. The number of hydrogen-bond acceptors (Lipinski definition) is 7. The lowest BCUT2D eigenvalue weighted by Gasteiger charge is -2.30. The lowest BCUT2D eigenvalue weighted by atomic mass is 9.99. The smallest absolute Gasteiger partial charge is 0.253 e. The zero-order valence-electron chi connectivity index (χ0n) is 28.1. The van der Waals surface area contributed by atoms with Gasteiger partial charge >= 0.3 is 0 Å². The molecule has 260 valence electrons. The third-order valence-corrected chi connectivity index (χ3v) is 8.99. The summed E-state index contributed by atoms with van der Waals surface area (Å²) < 4.78 is 26.2. The van der Waals surface area contributed by atoms with Crippen LogP contribution < -0.4 is 15.9 Å². The number of sulfonamides is 1. The molecular formula is C36H49N5O6S. The molecule has 0 heterocycles. The molecule has 3 rings (SSSR count). The van der Waals surface area contributed by atoms with Gasteiger partial charge in [-0.3, -0.25) is 14.4 Å². The van der Waals surface area contributed by atoms with Crippen molar-refractivity contribution in [1.29, 1.82) is 0 Å². The Morgan fingerprint density at radius 3 is 1.92 bits per heavy atom. The van der Waals surface area contributed by atoms with Crippen LogP contribution in [0, 0.1) is 0 Å². The van der Waals surface area contributed by atoms with Crippen LogP contribution in [0.3, 0.4) is 0 Å². The Kier molecular flexibility index (Phi) is 15.2. The molecule has 12 heteroatoms. The predicted octanol–water partition coefficient (Wildman–Crippen LogP) is 3.89. The quantitative estimate of drug-likeness (QED) is 0.132. The van der Waals surface area contributed by atoms with Gasteiger partial charge in [-0.2, -0.15) is 0 Å². The van der Waals surface area contributed by atoms with E-state index in [2.05, 4.69) is 10.1 Å². The van der Waals surface area contributed by atoms with E-state index in [0.29, 0.717) is 31.6 Å². The molecule has 2 atom stereocenters. The summed E-state index contributed by atoms with van der Waals surface area (Å²) in [6.07, 6.45) is 1.96. The van der Waals surface area contributed by atoms with Gasteiger partial charge in [0.05, 0.1) is 17.9 Å². The van der Waals surface area contributed by atoms with E-state index in [-0.39, 0.29) is 41.3 Å². The maximum Gasteiger partial charge on any atom is 0.253 e. The molecule has 0 aliphatic carbocycles. The molecule has 0 aromatic heterocycles. The third kappa shape index (κ3) is 12.2. The Bertz CT molecular complexity index is 1580. The van der Waals surface area contributed by atoms with Crippen LogP contribution in [0.15, 0.2) is 78.9 Å². The van der Waals surface area contributed by atoms with E-state index < -0.39 is 34.0 Å². The van der Waals surface area contributed by atoms with E-state index in [4.69, 9.17) is 5.73 Å². The first-order chi connectivity index (χ1) is 23.0. The maximum atomic E-state index is 13.8. The third-order valence-electron chi connectivity index (χ3n) is 7.74. The molecule has 3 amide bonds. The number of primary amides is 1. The Hall–Kier alpha value is -4.10. The highest BCUT2D eigenvalue weighted by molar-refractivity contribution is 7.88. The fraction of sp³-hybridized carbons (Fsp3) is 0.417. The molecule has 0 radical (unpaired) electrons. The van der Waals surface area contributed by atoms with Gasteiger partial charge < -0.3 is 21.1 Å². The van der Waals surface area contributed by atoms with Crippen LogP contribution in [0.2, 0.25) is 0 Å². The number of carbonyl (C=O) groups excluding carboxylic acids is 3. The summed E-state index contributed by atoms with van der Waals surface area (Å²) >= 11 is 0. The first-order valence-electron chi connectivity index (χ1n) is 16.5. The van der Waals surface area contributed by atoms with E-state index in [1.165, 1.54) is 23.2 Å². The van der Waals surface area contributed by atoms with Gasteiger partial charge in [-0.15, -0.1) is 4.83 Å². The van der Waals surface area contributed by atoms with Crippen LogP contribution in [-0.4, -0.2) is 79.5 Å². The van der Waals surface area contributed by atoms with E-state index in [1.54, 1.807) is 29.2 Å². The average molecular weight is 680 g/mol. The Morgan fingerprint density at radius 1 is 0.792 bits per heavy atom. The van der Waals surface area contributed by atoms with Crippen LogP contribution in [0.5, 0.6) is 0 Å². The highest BCUT2D eigenvalue weighted by Gasteiger charge is 2.28. The van der Waals surface area contributed by atoms with Crippen molar-refractivity contribution in [2.75, 3.05) is 26.2 Å². The van der Waals surface area contributed by atoms with Crippen molar-refractivity contribution < 1.29 is 27.9 Å². The molecule has 0 bridgehead atoms. The van der Waals surface area contributed by atoms with Gasteiger partial charge in [-0.1, -0.05) is 87.9 Å². The molecule has 48 heavy (non-hydrogen) atoms. The lowest BCUT2D eigenvalue weighted by molar-refractivity contribution is 0.0614. The van der Waals surface area contributed by atoms with E-state index in [9.17, 15) is 27.9 Å². The van der Waals surface area contributed by atoms with Crippen molar-refractivity contribution >= 4 is 27.7 Å². The number of benzene rings is 3. The number of nitrogens with one attached hydrogen (secondary N) is 2. The molecule has 0 spiro atoms. The minimum Gasteiger partial charge on any atom is -0.390 e. The summed E-state index contributed by atoms with van der Waals surface area (Å²) in [6.45, 7) is 7.17. The molecule has 2 unspecified atom stereocenters. The zero-order valence-corrected chi connectivity index (χ0v) is 28.9. The molecule has 3 aromatic carbocycles. The highest BCUT2D eigenvalue weighted by atomic mass is 32.2. The number of unbranched alkanes of at least 4 members (excludes halogenated alkanes) is 1. The van der Waals surface area contributed by atoms with E-state index in [0.717, 1.165) is 24.8 Å². The van der Waals surface area contributed by atoms with Crippen LogP contribution >= 0.6 is 0 Å². The number of carbonyl (C=O) groups is 3. The number of aliphatic hydroxyl groups is 1. The van der Waals surface area contributed by atoms with Crippen molar-refractivity contribution in [2.45, 2.75) is 70.8 Å². The van der Waals surface area contributed by atoms with Crippen molar-refractivity contribution in [3.8, 4) is 0 Å². The van der Waals surface area contributed by atoms with Crippen LogP contribution in [0.4, 0.5) is 0 Å². The number of rotatable bonds is 20. The normalized spacial score (nSPS) is 12.8. The van der Waals surface area contributed by atoms with Gasteiger partial charge in [-0.05, 0) is 55.0 Å². The van der Waals surface area contributed by atoms with E-state index in [1.807, 2.05) is 57.2 Å². The molecule has 0 saturated carbocycles. The van der Waals surface area contributed by atoms with Gasteiger partial charge in [0, 0.05) is 42.9 Å². The van der Waals surface area contributed by atoms with Gasteiger partial charge in [-0.25, -0.2) is 13.4 Å². The second-order valence-electron chi connectivity index (χ2n) is 11.9. The highest BCUT2D eigenvalue weighted by Crippen LogP contribution is 2.16. The van der Waals surface area contributed by atoms with Gasteiger partial charge in [0.1, 0.15) is 0 Å². The summed E-state index contributed by atoms with van der Waals surface area (Å²) in [4.78, 5) is 43.7. The molecule has 11 nitrogen and oxygen atoms in total. The first-order valence-corrected chi connectivity index (χ1v) is 18.2. The largest absolute Gasteiger partial charge is 0.390 e. The Labute approximate surface area is 284 Å². The fourth-order valence-electron chi connectivity index (χ4n) is 5.36. The fourth-order valence-corrected chi connectivity index (χ4v) is 6.62. The standard InChI is InChI=1S/C36H49N5O6S/c1-4-7-20-41(39-48(46,47)26-28-16-12-9-13-17-28)25-33(42)32(21-27-14-10-8-11-15-27)38-35(44)30-22-29(34(37)43)23-31(24-30)36(45)40(18-5-2)19-6-3/h8-17,22-24,32-33,39,42H,4-7,18-21,25-26H2,1-3H3,(H2,37,43)(H,38,44). The summed E-state index contributed by atoms with van der Waals surface area (Å²) in [5.41, 5.74) is 7.27. The minimum absolute atomic E-state index is 0.0117. The maximum absolute atomic E-state index is 13.8. The zero-order chi connectivity index (χ0) is 35.1. The van der Waals surface area contributed by atoms with Crippen LogP contribution in [0.25, 0.3) is 0 Å². The van der Waals surface area contributed by atoms with Crippen molar-refractivity contribution in [3.63, 3.8) is 0 Å². The summed E-state index contributed by atoms with van der Waals surface area (Å²) in [5, 5.41) is 15.9. The van der Waals surface area contributed by atoms with Crippen molar-refractivity contribution in [1.82, 2.24) is 20.1 Å². The summed E-state index contributed by atoms with van der Waals surface area (Å²) in [6, 6.07) is 21.4. The second kappa shape index (κ2) is 19.0. The topological polar surface area (TPSA) is 162 Å². The Balaban J connectivity index is 1.90. The van der Waals surface area contributed by atoms with Gasteiger partial charge in [0.25, 0.3) is 11.8 Å². The van der Waals surface area contributed by atoms with E-state index >= 15 is 0 Å². The number of hydrazine groups is 1. The van der Waals surface area contributed by atoms with Gasteiger partial charge in [0.2, 0.25) is 15.9 Å². The number of nitrogens with two attached hydrogens (primary N) is 1. The molecule has 0 saturated heterocycles. The lowest BCUT2D eigenvalue weighted by Crippen LogP contribution is -2.53. The minimum atomic E-state index is -3.80. The summed E-state index contributed by atoms with van der Waals surface area (Å²) in [7, 11) is -3.80. The number of amides is 3. The number of hydrogen-bond donors (Lipinski definition) is 4. The molecule has 5 N–H and O–H groups in total. The molecular weight excluding hydrogens is 630 g/mol. The SMILES string of the molecule is CCCCN(CC(O)C(Cc1ccccc1)NC(=O)c1cc(C(N)=O)cc(C(=O)N(CCC)CCC)c1)NS(=O)(=O)Cc1ccccc1. The first kappa shape index (κ1) is 38.3. The predicted molar refractivity (Wildman–Crippen MR) is 188 cm³/mol. The monoisotopic (exact) mass is 679 g/mol. The second-order valence-corrected chi connectivity index (χ2v) is 13.6. The number of aliphatic hydroxyl groups excluding tert-OH is 1. The van der Waals surface area contributed by atoms with Crippen LogP contribution in [0.1, 0.15) is 88.7 Å². The number of nitrogens with zero attached hydrogens (tertiary/aromatic N) is 2. The summed E-state index contributed by atoms with van der Waals surface area (Å²) in [5.74, 6) is -1.95. The molecule has 3 aromatic rings. The average Bonchev–Trinajstić information content (AvgIpc) is 3.06. The van der Waals surface area contributed by atoms with Crippen molar-refractivity contribution in [3.05, 3.63) is 107 Å². The Morgan fingerprint density at radius 2 is 1.35 bits per heavy atom. The molecule has 0 aliphatic heterocycles.